The average Bonchev–Trinajstić information content (AvgIpc) is 3.53. The standard InChI is InChI=1S/C28H22N2O5S/c1-16-27(18-9-10-22(31-2)25(13-18)32-3)30-28(36-16)29-20-14-24(35-21-7-5-4-6-19(20)21)17-8-11-23-26(12-17)34-15-33-23/h4-14H,15H2,1-3H3/b29-20+. The largest absolute Gasteiger partial charge is 0.493 e. The van der Waals surface area contributed by atoms with Gasteiger partial charge in [0.2, 0.25) is 11.9 Å². The highest BCUT2D eigenvalue weighted by Gasteiger charge is 2.16. The van der Waals surface area contributed by atoms with Gasteiger partial charge in [-0.05, 0) is 55.5 Å². The number of nitrogens with zero attached hydrogens (tertiary/aromatic N) is 2. The molecule has 3 heterocycles. The molecular weight excluding hydrogens is 476 g/mol. The minimum atomic E-state index is 0.222. The van der Waals surface area contributed by atoms with E-state index in [0.717, 1.165) is 43.8 Å². The second-order valence-corrected chi connectivity index (χ2v) is 9.32. The minimum absolute atomic E-state index is 0.222. The van der Waals surface area contributed by atoms with E-state index in [-0.39, 0.29) is 6.79 Å². The van der Waals surface area contributed by atoms with Crippen molar-refractivity contribution in [1.82, 2.24) is 4.98 Å². The van der Waals surface area contributed by atoms with E-state index in [9.17, 15) is 0 Å². The first-order valence-corrected chi connectivity index (χ1v) is 12.1. The number of rotatable bonds is 5. The summed E-state index contributed by atoms with van der Waals surface area (Å²) in [7, 11) is 3.25. The quantitative estimate of drug-likeness (QED) is 0.275. The van der Waals surface area contributed by atoms with Crippen LogP contribution in [-0.4, -0.2) is 26.0 Å². The van der Waals surface area contributed by atoms with Crippen molar-refractivity contribution in [3.63, 3.8) is 0 Å². The van der Waals surface area contributed by atoms with Crippen LogP contribution in [0.5, 0.6) is 23.0 Å². The lowest BCUT2D eigenvalue weighted by Gasteiger charge is -2.08. The van der Waals surface area contributed by atoms with Crippen molar-refractivity contribution in [3.8, 4) is 45.6 Å². The number of thiazole rings is 1. The van der Waals surface area contributed by atoms with E-state index in [4.69, 9.17) is 33.3 Å². The zero-order valence-electron chi connectivity index (χ0n) is 19.9. The molecule has 1 aliphatic heterocycles. The Balaban J connectivity index is 1.47. The molecule has 0 aliphatic carbocycles. The van der Waals surface area contributed by atoms with Crippen LogP contribution in [0.4, 0.5) is 5.13 Å². The van der Waals surface area contributed by atoms with Gasteiger partial charge in [-0.2, -0.15) is 0 Å². The molecule has 2 aromatic heterocycles. The van der Waals surface area contributed by atoms with Crippen LogP contribution >= 0.6 is 11.3 Å². The van der Waals surface area contributed by atoms with Gasteiger partial charge in [-0.3, -0.25) is 0 Å². The van der Waals surface area contributed by atoms with Crippen LogP contribution in [0, 0.1) is 6.92 Å². The topological polar surface area (TPSA) is 75.3 Å². The zero-order valence-corrected chi connectivity index (χ0v) is 20.7. The first-order chi connectivity index (χ1) is 17.6. The highest BCUT2D eigenvalue weighted by atomic mass is 32.1. The number of fused-ring (bicyclic) bond motifs is 2. The van der Waals surface area contributed by atoms with E-state index in [0.29, 0.717) is 28.1 Å². The van der Waals surface area contributed by atoms with E-state index in [1.807, 2.05) is 73.7 Å². The lowest BCUT2D eigenvalue weighted by atomic mass is 10.1. The molecule has 36 heavy (non-hydrogen) atoms. The van der Waals surface area contributed by atoms with Crippen LogP contribution in [0.2, 0.25) is 0 Å². The molecule has 7 nitrogen and oxygen atoms in total. The Bertz CT molecular complexity index is 1670. The van der Waals surface area contributed by atoms with Gasteiger partial charge in [0.05, 0.1) is 25.3 Å². The summed E-state index contributed by atoms with van der Waals surface area (Å²) < 4.78 is 28.1. The third-order valence-electron chi connectivity index (χ3n) is 5.97. The SMILES string of the molecule is COc1ccc(-c2nc(/N=c3\cc(-c4ccc5c(c4)OCO5)oc4ccccc34)sc2C)cc1OC. The molecule has 0 radical (unpaired) electrons. The third kappa shape index (κ3) is 3.95. The molecule has 180 valence electrons. The Morgan fingerprint density at radius 1 is 0.861 bits per heavy atom. The van der Waals surface area contributed by atoms with Crippen LogP contribution in [0.15, 0.2) is 76.1 Å². The summed E-state index contributed by atoms with van der Waals surface area (Å²) in [6.07, 6.45) is 0. The van der Waals surface area contributed by atoms with Crippen molar-refractivity contribution >= 4 is 27.4 Å². The predicted octanol–water partition coefficient (Wildman–Crippen LogP) is 6.51. The second-order valence-electron chi connectivity index (χ2n) is 8.14. The van der Waals surface area contributed by atoms with Crippen molar-refractivity contribution in [2.75, 3.05) is 21.0 Å². The van der Waals surface area contributed by atoms with Crippen LogP contribution < -0.4 is 24.3 Å². The molecule has 8 heteroatoms. The Morgan fingerprint density at radius 2 is 1.67 bits per heavy atom. The molecule has 0 bridgehead atoms. The first kappa shape index (κ1) is 22.2. The van der Waals surface area contributed by atoms with Crippen molar-refractivity contribution in [3.05, 3.63) is 77.0 Å². The lowest BCUT2D eigenvalue weighted by Crippen LogP contribution is -2.03. The lowest BCUT2D eigenvalue weighted by molar-refractivity contribution is 0.174. The van der Waals surface area contributed by atoms with E-state index in [2.05, 4.69) is 0 Å². The van der Waals surface area contributed by atoms with Gasteiger partial charge in [-0.25, -0.2) is 9.98 Å². The van der Waals surface area contributed by atoms with Crippen molar-refractivity contribution in [2.45, 2.75) is 6.92 Å². The van der Waals surface area contributed by atoms with Gasteiger partial charge < -0.3 is 23.4 Å². The fraction of sp³-hybridized carbons (Fsp3) is 0.143. The Kier molecular flexibility index (Phi) is 5.58. The Hall–Kier alpha value is -4.30. The number of aromatic nitrogens is 1. The maximum Gasteiger partial charge on any atom is 0.231 e. The Labute approximate surface area is 211 Å². The summed E-state index contributed by atoms with van der Waals surface area (Å²) in [5, 5.41) is 2.34. The summed E-state index contributed by atoms with van der Waals surface area (Å²) in [6, 6.07) is 21.3. The third-order valence-corrected chi connectivity index (χ3v) is 6.83. The Morgan fingerprint density at radius 3 is 2.53 bits per heavy atom. The fourth-order valence-electron chi connectivity index (χ4n) is 4.19. The van der Waals surface area contributed by atoms with Gasteiger partial charge in [-0.15, -0.1) is 0 Å². The summed E-state index contributed by atoms with van der Waals surface area (Å²) in [4.78, 5) is 10.9. The molecule has 0 fully saturated rings. The smallest absolute Gasteiger partial charge is 0.231 e. The highest BCUT2D eigenvalue weighted by Crippen LogP contribution is 2.38. The molecule has 0 saturated heterocycles. The predicted molar refractivity (Wildman–Crippen MR) is 138 cm³/mol. The van der Waals surface area contributed by atoms with Crippen LogP contribution in [0.25, 0.3) is 33.6 Å². The maximum atomic E-state index is 6.23. The van der Waals surface area contributed by atoms with Crippen LogP contribution in [0.1, 0.15) is 4.88 Å². The van der Waals surface area contributed by atoms with Gasteiger partial charge >= 0.3 is 0 Å². The molecule has 0 saturated carbocycles. The van der Waals surface area contributed by atoms with E-state index >= 15 is 0 Å². The molecule has 0 atom stereocenters. The van der Waals surface area contributed by atoms with E-state index in [1.165, 1.54) is 11.3 Å². The molecule has 1 aliphatic rings. The first-order valence-electron chi connectivity index (χ1n) is 11.3. The molecule has 5 aromatic rings. The molecule has 6 rings (SSSR count). The molecule has 0 amide bonds. The number of hydrogen-bond acceptors (Lipinski definition) is 8. The van der Waals surface area contributed by atoms with E-state index in [1.54, 1.807) is 14.2 Å². The van der Waals surface area contributed by atoms with Crippen LogP contribution in [0.3, 0.4) is 0 Å². The number of aryl methyl sites for hydroxylation is 1. The highest BCUT2D eigenvalue weighted by molar-refractivity contribution is 7.15. The summed E-state index contributed by atoms with van der Waals surface area (Å²) in [5.74, 6) is 3.44. The summed E-state index contributed by atoms with van der Waals surface area (Å²) >= 11 is 1.54. The summed E-state index contributed by atoms with van der Waals surface area (Å²) in [6.45, 7) is 2.26. The van der Waals surface area contributed by atoms with Gasteiger partial charge in [-0.1, -0.05) is 23.5 Å². The van der Waals surface area contributed by atoms with Gasteiger partial charge in [0.25, 0.3) is 0 Å². The van der Waals surface area contributed by atoms with Gasteiger partial charge in [0.1, 0.15) is 11.3 Å². The van der Waals surface area contributed by atoms with Crippen LogP contribution in [-0.2, 0) is 0 Å². The summed E-state index contributed by atoms with van der Waals surface area (Å²) in [5.41, 5.74) is 3.42. The van der Waals surface area contributed by atoms with Gasteiger partial charge in [0, 0.05) is 27.5 Å². The zero-order chi connectivity index (χ0) is 24.6. The molecule has 0 spiro atoms. The van der Waals surface area contributed by atoms with Crippen molar-refractivity contribution in [1.29, 1.82) is 0 Å². The number of benzene rings is 3. The second kappa shape index (κ2) is 9.05. The molecular formula is C28H22N2O5S. The molecule has 0 unspecified atom stereocenters. The number of methoxy groups -OCH3 is 2. The monoisotopic (exact) mass is 498 g/mol. The number of para-hydroxylation sites is 1. The normalized spacial score (nSPS) is 12.8. The average molecular weight is 499 g/mol. The molecule has 0 N–H and O–H groups in total. The number of ether oxygens (including phenoxy) is 4. The van der Waals surface area contributed by atoms with Gasteiger partial charge in [0.15, 0.2) is 23.0 Å². The van der Waals surface area contributed by atoms with Crippen molar-refractivity contribution in [2.24, 2.45) is 4.99 Å². The number of hydrogen-bond donors (Lipinski definition) is 0. The van der Waals surface area contributed by atoms with E-state index < -0.39 is 0 Å². The molecule has 3 aromatic carbocycles. The fourth-order valence-corrected chi connectivity index (χ4v) is 5.00. The maximum absolute atomic E-state index is 6.23. The van der Waals surface area contributed by atoms with Crippen molar-refractivity contribution < 1.29 is 23.4 Å². The minimum Gasteiger partial charge on any atom is -0.493 e.